The van der Waals surface area contributed by atoms with Gasteiger partial charge in [-0.25, -0.2) is 4.39 Å². The van der Waals surface area contributed by atoms with E-state index in [2.05, 4.69) is 10.2 Å². The molecule has 0 aliphatic carbocycles. The first kappa shape index (κ1) is 34.7. The third-order valence-electron chi connectivity index (χ3n) is 9.35. The lowest BCUT2D eigenvalue weighted by molar-refractivity contribution is -0.138. The molecule has 2 aliphatic heterocycles. The first-order valence-electron chi connectivity index (χ1n) is 15.6. The number of methoxy groups -OCH3 is 3. The van der Waals surface area contributed by atoms with E-state index in [-0.39, 0.29) is 23.8 Å². The number of nitrogens with zero attached hydrogens (tertiary/aromatic N) is 2. The highest BCUT2D eigenvalue weighted by Crippen LogP contribution is 2.45. The first-order valence-corrected chi connectivity index (χ1v) is 15.6. The minimum absolute atomic E-state index is 0.0971. The van der Waals surface area contributed by atoms with Crippen LogP contribution in [0.15, 0.2) is 66.7 Å². The van der Waals surface area contributed by atoms with Crippen LogP contribution in [-0.4, -0.2) is 75.7 Å². The van der Waals surface area contributed by atoms with E-state index in [1.807, 2.05) is 30.3 Å². The molecular formula is C36H39F4N3O5. The Balaban J connectivity index is 1.29. The van der Waals surface area contributed by atoms with Crippen molar-refractivity contribution >= 4 is 17.9 Å². The van der Waals surface area contributed by atoms with E-state index in [0.29, 0.717) is 86.6 Å². The third-order valence-corrected chi connectivity index (χ3v) is 9.35. The zero-order chi connectivity index (χ0) is 34.5. The highest BCUT2D eigenvalue weighted by atomic mass is 19.4. The summed E-state index contributed by atoms with van der Waals surface area (Å²) in [6, 6.07) is 15.3. The Morgan fingerprint density at radius 1 is 0.958 bits per heavy atom. The maximum atomic E-state index is 13.9. The molecule has 0 bridgehead atoms. The van der Waals surface area contributed by atoms with E-state index >= 15 is 0 Å². The molecule has 2 heterocycles. The number of benzene rings is 3. The van der Waals surface area contributed by atoms with Crippen LogP contribution in [0.2, 0.25) is 0 Å². The minimum atomic E-state index is -4.80. The van der Waals surface area contributed by atoms with E-state index in [0.717, 1.165) is 5.56 Å². The molecule has 12 heteroatoms. The zero-order valence-corrected chi connectivity index (χ0v) is 27.1. The van der Waals surface area contributed by atoms with Crippen molar-refractivity contribution in [3.63, 3.8) is 0 Å². The van der Waals surface area contributed by atoms with Crippen molar-refractivity contribution in [1.82, 2.24) is 15.1 Å². The lowest BCUT2D eigenvalue weighted by Crippen LogP contribution is -2.48. The third kappa shape index (κ3) is 7.75. The quantitative estimate of drug-likeness (QED) is 0.209. The van der Waals surface area contributed by atoms with Gasteiger partial charge in [0.25, 0.3) is 5.91 Å². The number of piperidine rings is 1. The van der Waals surface area contributed by atoms with Crippen molar-refractivity contribution < 1.29 is 41.4 Å². The minimum Gasteiger partial charge on any atom is -0.493 e. The molecule has 2 saturated heterocycles. The Bertz CT molecular complexity index is 1610. The monoisotopic (exact) mass is 669 g/mol. The molecule has 8 nitrogen and oxygen atoms in total. The number of carbonyl (C=O) groups excluding carboxylic acids is 2. The fourth-order valence-corrected chi connectivity index (χ4v) is 6.86. The van der Waals surface area contributed by atoms with Crippen molar-refractivity contribution in [2.75, 3.05) is 54.1 Å². The van der Waals surface area contributed by atoms with E-state index in [1.165, 1.54) is 27.4 Å². The molecule has 5 rings (SSSR count). The number of amides is 2. The van der Waals surface area contributed by atoms with Crippen LogP contribution in [0, 0.1) is 17.2 Å². The Hall–Kier alpha value is -4.58. The van der Waals surface area contributed by atoms with Gasteiger partial charge in [-0.1, -0.05) is 30.3 Å². The summed E-state index contributed by atoms with van der Waals surface area (Å²) < 4.78 is 71.0. The summed E-state index contributed by atoms with van der Waals surface area (Å²) >= 11 is 0. The van der Waals surface area contributed by atoms with Gasteiger partial charge in [0.15, 0.2) is 11.5 Å². The number of hydrogen-bond acceptors (Lipinski definition) is 6. The predicted octanol–water partition coefficient (Wildman–Crippen LogP) is 6.05. The van der Waals surface area contributed by atoms with Crippen molar-refractivity contribution in [1.29, 1.82) is 0 Å². The molecule has 48 heavy (non-hydrogen) atoms. The number of ether oxygens (including phenoxy) is 3. The Labute approximate surface area is 277 Å². The van der Waals surface area contributed by atoms with Gasteiger partial charge in [0.2, 0.25) is 11.7 Å². The molecule has 0 radical (unpaired) electrons. The van der Waals surface area contributed by atoms with E-state index in [1.54, 1.807) is 23.1 Å². The lowest BCUT2D eigenvalue weighted by Gasteiger charge is -2.42. The molecule has 3 aromatic rings. The lowest BCUT2D eigenvalue weighted by atomic mass is 9.70. The van der Waals surface area contributed by atoms with Gasteiger partial charge in [-0.05, 0) is 71.7 Å². The Kier molecular flexibility index (Phi) is 10.6. The molecule has 0 saturated carbocycles. The number of alkyl halides is 3. The number of likely N-dealkylation sites (tertiary alicyclic amines) is 2. The van der Waals surface area contributed by atoms with Crippen LogP contribution in [0.25, 0.3) is 6.08 Å². The average molecular weight is 670 g/mol. The van der Waals surface area contributed by atoms with Crippen LogP contribution < -0.4 is 19.5 Å². The molecule has 0 aromatic heterocycles. The van der Waals surface area contributed by atoms with Gasteiger partial charge >= 0.3 is 6.18 Å². The molecule has 1 spiro atoms. The summed E-state index contributed by atoms with van der Waals surface area (Å²) in [5.41, 5.74) is -0.388. The highest BCUT2D eigenvalue weighted by molar-refractivity contribution is 5.96. The second-order valence-electron chi connectivity index (χ2n) is 12.2. The van der Waals surface area contributed by atoms with Crippen molar-refractivity contribution in [3.8, 4) is 17.2 Å². The normalized spacial score (nSPS) is 17.9. The van der Waals surface area contributed by atoms with Gasteiger partial charge in [-0.3, -0.25) is 14.5 Å². The standard InChI is InChI=1S/C36H39F4N3O5/c1-46-30-17-25(18-31(47-2)33(30)48-3)9-12-32(44)43-15-13-35(14-16-43)23-42(21-24-7-5-4-6-8-24)22-26(35)20-41-34(45)28-19-27(37)10-11-29(28)36(38,39)40/h4-12,17-19,26H,13-16,20-23H2,1-3H3,(H,41,45)/b12-9+. The molecule has 1 atom stereocenters. The summed E-state index contributed by atoms with van der Waals surface area (Å²) in [6.07, 6.45) is -0.314. The molecule has 3 aromatic carbocycles. The van der Waals surface area contributed by atoms with Gasteiger partial charge in [0, 0.05) is 45.3 Å². The van der Waals surface area contributed by atoms with Crippen LogP contribution >= 0.6 is 0 Å². The van der Waals surface area contributed by atoms with Crippen molar-refractivity contribution in [2.45, 2.75) is 25.6 Å². The maximum Gasteiger partial charge on any atom is 0.417 e. The average Bonchev–Trinajstić information content (AvgIpc) is 3.40. The van der Waals surface area contributed by atoms with Gasteiger partial charge in [0.05, 0.1) is 32.5 Å². The largest absolute Gasteiger partial charge is 0.493 e. The molecule has 2 amide bonds. The van der Waals surface area contributed by atoms with Gasteiger partial charge < -0.3 is 24.4 Å². The van der Waals surface area contributed by atoms with Gasteiger partial charge in [0.1, 0.15) is 5.82 Å². The fourth-order valence-electron chi connectivity index (χ4n) is 6.86. The predicted molar refractivity (Wildman–Crippen MR) is 172 cm³/mol. The second kappa shape index (κ2) is 14.7. The Morgan fingerprint density at radius 2 is 1.62 bits per heavy atom. The first-order chi connectivity index (χ1) is 23.0. The summed E-state index contributed by atoms with van der Waals surface area (Å²) in [4.78, 5) is 30.4. The van der Waals surface area contributed by atoms with Gasteiger partial charge in [-0.15, -0.1) is 0 Å². The SMILES string of the molecule is COc1cc(/C=C/C(=O)N2CCC3(CC2)CN(Cc2ccccc2)CC3CNC(=O)c2cc(F)ccc2C(F)(F)F)cc(OC)c1OC. The molecule has 256 valence electrons. The summed E-state index contributed by atoms with van der Waals surface area (Å²) in [6.45, 7) is 3.07. The number of carbonyl (C=O) groups is 2. The van der Waals surface area contributed by atoms with Crippen LogP contribution in [0.5, 0.6) is 17.2 Å². The van der Waals surface area contributed by atoms with E-state index in [9.17, 15) is 27.2 Å². The number of rotatable bonds is 10. The highest BCUT2D eigenvalue weighted by Gasteiger charge is 2.48. The van der Waals surface area contributed by atoms with Crippen LogP contribution in [0.3, 0.4) is 0 Å². The Morgan fingerprint density at radius 3 is 2.23 bits per heavy atom. The van der Waals surface area contributed by atoms with E-state index < -0.39 is 29.0 Å². The van der Waals surface area contributed by atoms with Gasteiger partial charge in [-0.2, -0.15) is 13.2 Å². The summed E-state index contributed by atoms with van der Waals surface area (Å²) in [7, 11) is 4.55. The van der Waals surface area contributed by atoms with Crippen molar-refractivity contribution in [3.05, 3.63) is 94.8 Å². The molecule has 2 fully saturated rings. The van der Waals surface area contributed by atoms with Crippen LogP contribution in [-0.2, 0) is 17.5 Å². The van der Waals surface area contributed by atoms with E-state index in [4.69, 9.17) is 14.2 Å². The summed E-state index contributed by atoms with van der Waals surface area (Å²) in [5, 5.41) is 2.68. The number of hydrogen-bond donors (Lipinski definition) is 1. The topological polar surface area (TPSA) is 80.3 Å². The molecule has 1 N–H and O–H groups in total. The van der Waals surface area contributed by atoms with Crippen LogP contribution in [0.1, 0.15) is 39.9 Å². The molecular weight excluding hydrogens is 630 g/mol. The van der Waals surface area contributed by atoms with Crippen molar-refractivity contribution in [2.24, 2.45) is 11.3 Å². The summed E-state index contributed by atoms with van der Waals surface area (Å²) in [5.74, 6) is -0.761. The molecule has 2 aliphatic rings. The smallest absolute Gasteiger partial charge is 0.417 e. The zero-order valence-electron chi connectivity index (χ0n) is 27.1. The number of halogens is 4. The second-order valence-corrected chi connectivity index (χ2v) is 12.2. The molecule has 1 unspecified atom stereocenters. The number of nitrogens with one attached hydrogen (secondary N) is 1. The van der Waals surface area contributed by atoms with Crippen LogP contribution in [0.4, 0.5) is 17.6 Å². The fraction of sp³-hybridized carbons (Fsp3) is 0.389. The maximum absolute atomic E-state index is 13.9.